The number of aryl methyl sites for hydroxylation is 8. The lowest BCUT2D eigenvalue weighted by Gasteiger charge is -2.38. The highest BCUT2D eigenvalue weighted by Gasteiger charge is 2.39. The summed E-state index contributed by atoms with van der Waals surface area (Å²) in [4.78, 5) is 9.15. The number of rotatable bonds is 26. The predicted octanol–water partition coefficient (Wildman–Crippen LogP) is 20.7. The normalized spacial score (nSPS) is 11.9. The van der Waals surface area contributed by atoms with Crippen LogP contribution in [0.25, 0.3) is 55.9 Å². The molecule has 0 atom stereocenters. The van der Waals surface area contributed by atoms with E-state index in [-0.39, 0.29) is 10.8 Å². The number of nitrogens with zero attached hydrogens (tertiary/aromatic N) is 6. The standard InChI is InChI=1S/C100H108N6O2/c1-15-77-21-29-87(30-22-77)100(88-35-31-85(32-36-88)98(9,10)11,89-37-33-86(34-38-89)99(12,13)14)90-39-41-91(42-40-90)108-64-63-107-62-61-104-57-47-83(48-58-104)82-45-55-103(56-46-82)53-16-54-105-59-49-92(71(3)67-105)93-50-60-106(68-72(93)4)69-94-73(5)75(7)97(76(8)74(94)6)84-27-25-81(26-28-84)80-23-19-78(20-24-80)17-18-79-44-52-102-96(66-79)95-65-70(2)43-51-101-95/h19-52,55-60,65-68H,15-18,53-54,61-64,69H2,1-14H3/q+4. The van der Waals surface area contributed by atoms with E-state index in [4.69, 9.17) is 9.47 Å². The summed E-state index contributed by atoms with van der Waals surface area (Å²) < 4.78 is 21.6. The summed E-state index contributed by atoms with van der Waals surface area (Å²) in [5.41, 5.74) is 33.4. The summed E-state index contributed by atoms with van der Waals surface area (Å²) in [6.45, 7) is 36.7. The molecule has 0 spiro atoms. The molecule has 0 amide bonds. The van der Waals surface area contributed by atoms with Crippen LogP contribution in [0.4, 0.5) is 0 Å². The summed E-state index contributed by atoms with van der Waals surface area (Å²) in [6.07, 6.45) is 25.5. The van der Waals surface area contributed by atoms with E-state index in [0.717, 1.165) is 69.0 Å². The molecular formula is C100H108N6O2+4. The van der Waals surface area contributed by atoms with Crippen molar-refractivity contribution in [3.63, 3.8) is 0 Å². The largest absolute Gasteiger partial charge is 0.491 e. The third kappa shape index (κ3) is 17.3. The number of benzene rings is 7. The number of aromatic nitrogens is 6. The molecular weight excluding hydrogens is 1320 g/mol. The van der Waals surface area contributed by atoms with Gasteiger partial charge in [0, 0.05) is 65.5 Å². The van der Waals surface area contributed by atoms with Gasteiger partial charge in [0.05, 0.1) is 29.8 Å². The second-order valence-corrected chi connectivity index (χ2v) is 31.8. The molecule has 6 heterocycles. The molecule has 0 aliphatic rings. The summed E-state index contributed by atoms with van der Waals surface area (Å²) in [5, 5.41) is 0. The zero-order chi connectivity index (χ0) is 75.7. The molecule has 0 aliphatic carbocycles. The van der Waals surface area contributed by atoms with Gasteiger partial charge in [0.2, 0.25) is 0 Å². The number of hydrogen-bond donors (Lipinski definition) is 0. The molecule has 0 radical (unpaired) electrons. The van der Waals surface area contributed by atoms with E-state index in [1.165, 1.54) is 139 Å². The third-order valence-electron chi connectivity index (χ3n) is 22.4. The van der Waals surface area contributed by atoms with Crippen LogP contribution in [0.3, 0.4) is 0 Å². The van der Waals surface area contributed by atoms with Crippen molar-refractivity contribution >= 4 is 0 Å². The highest BCUT2D eigenvalue weighted by Crippen LogP contribution is 2.47. The van der Waals surface area contributed by atoms with Gasteiger partial charge in [-0.2, -0.15) is 0 Å². The molecule has 8 heteroatoms. The topological polar surface area (TPSA) is 59.8 Å². The summed E-state index contributed by atoms with van der Waals surface area (Å²) >= 11 is 0. The van der Waals surface area contributed by atoms with Crippen LogP contribution >= 0.6 is 0 Å². The molecule has 7 aromatic carbocycles. The highest BCUT2D eigenvalue weighted by molar-refractivity contribution is 5.77. The highest BCUT2D eigenvalue weighted by atomic mass is 16.5. The van der Waals surface area contributed by atoms with Crippen molar-refractivity contribution in [2.75, 3.05) is 19.8 Å². The van der Waals surface area contributed by atoms with Gasteiger partial charge in [-0.3, -0.25) is 9.97 Å². The van der Waals surface area contributed by atoms with Crippen molar-refractivity contribution in [3.8, 4) is 61.6 Å². The number of pyridine rings is 6. The molecule has 0 fully saturated rings. The first-order valence-electron chi connectivity index (χ1n) is 38.9. The molecule has 0 aliphatic heterocycles. The average Bonchev–Trinajstić information content (AvgIpc) is 0.734. The Morgan fingerprint density at radius 1 is 0.361 bits per heavy atom. The van der Waals surface area contributed by atoms with E-state index in [1.807, 2.05) is 18.5 Å². The molecule has 0 saturated carbocycles. The second kappa shape index (κ2) is 33.1. The van der Waals surface area contributed by atoms with Crippen LogP contribution in [0.2, 0.25) is 0 Å². The van der Waals surface area contributed by atoms with Crippen LogP contribution in [0.1, 0.15) is 149 Å². The number of ether oxygens (including phenoxy) is 2. The van der Waals surface area contributed by atoms with Gasteiger partial charge < -0.3 is 9.47 Å². The quantitative estimate of drug-likeness (QED) is 0.0308. The van der Waals surface area contributed by atoms with Crippen LogP contribution < -0.4 is 23.0 Å². The lowest BCUT2D eigenvalue weighted by molar-refractivity contribution is -0.727. The van der Waals surface area contributed by atoms with Gasteiger partial charge in [0.25, 0.3) is 0 Å². The first kappa shape index (κ1) is 75.4. The Kier molecular flexibility index (Phi) is 23.1. The van der Waals surface area contributed by atoms with Crippen molar-refractivity contribution in [1.82, 2.24) is 9.97 Å². The third-order valence-corrected chi connectivity index (χ3v) is 22.4. The molecule has 0 saturated heterocycles. The van der Waals surface area contributed by atoms with Crippen molar-refractivity contribution in [3.05, 3.63) is 363 Å². The van der Waals surface area contributed by atoms with E-state index >= 15 is 0 Å². The first-order valence-corrected chi connectivity index (χ1v) is 38.9. The maximum atomic E-state index is 6.34. The van der Waals surface area contributed by atoms with Gasteiger partial charge in [0.15, 0.2) is 75.8 Å². The minimum Gasteiger partial charge on any atom is -0.491 e. The van der Waals surface area contributed by atoms with Crippen LogP contribution in [0.5, 0.6) is 5.75 Å². The Bertz CT molecular complexity index is 5140. The Morgan fingerprint density at radius 3 is 1.31 bits per heavy atom. The minimum atomic E-state index is -0.559. The Labute approximate surface area is 643 Å². The van der Waals surface area contributed by atoms with Gasteiger partial charge in [0.1, 0.15) is 19.0 Å². The minimum absolute atomic E-state index is 0.0416. The number of hydrogen-bond acceptors (Lipinski definition) is 4. The molecule has 546 valence electrons. The second-order valence-electron chi connectivity index (χ2n) is 31.8. The monoisotopic (exact) mass is 1420 g/mol. The SMILES string of the molecule is CCc1ccc(C(c2ccc(OCCOCC[n+]3ccc(-c4cc[n+](CCC[n+]5ccc(-c6cc[n+](Cc7c(C)c(C)c(-c8ccc(-c9ccc(CCc%10ccnc(-c%11cc(C)ccn%11)c%10)cc9)cc8)c(C)c7C)cc6C)c(C)c5)cc4)cc3)cc2)(c2ccc(C(C)(C)C)cc2)c2ccc(C(C)(C)C)cc2)cc1. The van der Waals surface area contributed by atoms with E-state index in [0.29, 0.717) is 19.8 Å². The van der Waals surface area contributed by atoms with Crippen molar-refractivity contribution in [2.24, 2.45) is 0 Å². The smallest absolute Gasteiger partial charge is 0.174 e. The molecule has 13 rings (SSSR count). The fraction of sp³-hybridized carbons (Fsp3) is 0.280. The lowest BCUT2D eigenvalue weighted by atomic mass is 9.64. The molecule has 8 nitrogen and oxygen atoms in total. The summed E-state index contributed by atoms with van der Waals surface area (Å²) in [7, 11) is 0. The fourth-order valence-electron chi connectivity index (χ4n) is 15.6. The lowest BCUT2D eigenvalue weighted by Crippen LogP contribution is -2.38. The summed E-state index contributed by atoms with van der Waals surface area (Å²) in [6, 6.07) is 76.7. The molecule has 0 unspecified atom stereocenters. The van der Waals surface area contributed by atoms with Crippen LogP contribution in [-0.2, 0) is 66.4 Å². The zero-order valence-corrected chi connectivity index (χ0v) is 66.2. The maximum Gasteiger partial charge on any atom is 0.174 e. The Hall–Kier alpha value is -10.8. The van der Waals surface area contributed by atoms with Crippen molar-refractivity contribution < 1.29 is 27.7 Å². The predicted molar refractivity (Wildman–Crippen MR) is 441 cm³/mol. The zero-order valence-electron chi connectivity index (χ0n) is 66.2. The van der Waals surface area contributed by atoms with Crippen LogP contribution in [0, 0.1) is 48.5 Å². The van der Waals surface area contributed by atoms with E-state index in [9.17, 15) is 0 Å². The van der Waals surface area contributed by atoms with E-state index in [1.54, 1.807) is 0 Å². The molecule has 6 aromatic heterocycles. The van der Waals surface area contributed by atoms with E-state index < -0.39 is 5.41 Å². The molecule has 108 heavy (non-hydrogen) atoms. The molecule has 0 N–H and O–H groups in total. The van der Waals surface area contributed by atoms with Gasteiger partial charge in [-0.05, 0) is 237 Å². The van der Waals surface area contributed by atoms with Crippen LogP contribution in [0.15, 0.2) is 268 Å². The first-order chi connectivity index (χ1) is 52.1. The average molecular weight is 1430 g/mol. The van der Waals surface area contributed by atoms with Crippen molar-refractivity contribution in [2.45, 2.75) is 165 Å². The fourth-order valence-corrected chi connectivity index (χ4v) is 15.6. The van der Waals surface area contributed by atoms with Crippen LogP contribution in [-0.4, -0.2) is 29.8 Å². The van der Waals surface area contributed by atoms with Gasteiger partial charge in [-0.25, -0.2) is 18.3 Å². The molecule has 13 aromatic rings. The van der Waals surface area contributed by atoms with Gasteiger partial charge >= 0.3 is 0 Å². The van der Waals surface area contributed by atoms with Crippen molar-refractivity contribution in [1.29, 1.82) is 0 Å². The summed E-state index contributed by atoms with van der Waals surface area (Å²) in [5.74, 6) is 0.827. The van der Waals surface area contributed by atoms with Gasteiger partial charge in [-0.1, -0.05) is 182 Å². The van der Waals surface area contributed by atoms with E-state index in [2.05, 4.69) is 375 Å². The Balaban J connectivity index is 0.561. The molecule has 0 bridgehead atoms. The maximum absolute atomic E-state index is 6.34. The van der Waals surface area contributed by atoms with Gasteiger partial charge in [-0.15, -0.1) is 0 Å². The Morgan fingerprint density at radius 2 is 0.787 bits per heavy atom.